The summed E-state index contributed by atoms with van der Waals surface area (Å²) in [5.41, 5.74) is 8.03. The molecule has 0 atom stereocenters. The van der Waals surface area contributed by atoms with Crippen LogP contribution in [0.2, 0.25) is 0 Å². The molecule has 0 aliphatic carbocycles. The van der Waals surface area contributed by atoms with Crippen molar-refractivity contribution < 1.29 is 0 Å². The third-order valence-electron chi connectivity index (χ3n) is 3.06. The van der Waals surface area contributed by atoms with E-state index in [4.69, 9.17) is 5.73 Å². The van der Waals surface area contributed by atoms with Crippen LogP contribution in [0, 0.1) is 0 Å². The number of nitrogens with two attached hydrogens (primary N) is 1. The smallest absolute Gasteiger partial charge is 0.102 e. The molecule has 0 aliphatic rings. The van der Waals surface area contributed by atoms with Crippen molar-refractivity contribution in [3.8, 4) is 5.69 Å². The zero-order valence-electron chi connectivity index (χ0n) is 11.2. The Hall–Kier alpha value is -1.79. The first kappa shape index (κ1) is 13.2. The van der Waals surface area contributed by atoms with Gasteiger partial charge in [0.2, 0.25) is 0 Å². The Labute approximate surface area is 124 Å². The van der Waals surface area contributed by atoms with Gasteiger partial charge in [-0.25, -0.2) is 4.68 Å². The van der Waals surface area contributed by atoms with Crippen LogP contribution in [0.5, 0.6) is 0 Å². The molecule has 6 heteroatoms. The fourth-order valence-electron chi connectivity index (χ4n) is 1.98. The zero-order valence-corrected chi connectivity index (χ0v) is 12.8. The first-order valence-corrected chi connectivity index (χ1v) is 7.01. The molecule has 2 aromatic heterocycles. The second kappa shape index (κ2) is 4.64. The van der Waals surface area contributed by atoms with Gasteiger partial charge in [0.05, 0.1) is 22.9 Å². The minimum Gasteiger partial charge on any atom is -0.320 e. The highest BCUT2D eigenvalue weighted by Gasteiger charge is 2.19. The molecule has 0 spiro atoms. The molecule has 0 fully saturated rings. The second-order valence-electron chi connectivity index (χ2n) is 5.27. The van der Waals surface area contributed by atoms with E-state index in [9.17, 15) is 0 Å². The van der Waals surface area contributed by atoms with E-state index >= 15 is 0 Å². The van der Waals surface area contributed by atoms with Crippen LogP contribution in [0.1, 0.15) is 19.5 Å². The van der Waals surface area contributed by atoms with Gasteiger partial charge in [0.25, 0.3) is 0 Å². The van der Waals surface area contributed by atoms with Crippen molar-refractivity contribution in [2.24, 2.45) is 5.73 Å². The summed E-state index contributed by atoms with van der Waals surface area (Å²) in [5.74, 6) is 0. The number of benzene rings is 1. The summed E-state index contributed by atoms with van der Waals surface area (Å²) in [6.45, 7) is 3.81. The van der Waals surface area contributed by atoms with Crippen LogP contribution in [-0.2, 0) is 5.54 Å². The quantitative estimate of drug-likeness (QED) is 0.783. The molecule has 5 nitrogen and oxygen atoms in total. The second-order valence-corrected chi connectivity index (χ2v) is 6.19. The number of rotatable bonds is 2. The summed E-state index contributed by atoms with van der Waals surface area (Å²) in [7, 11) is 0. The lowest BCUT2D eigenvalue weighted by atomic mass is 10.0. The minimum atomic E-state index is -0.515. The van der Waals surface area contributed by atoms with Crippen LogP contribution in [0.15, 0.2) is 41.1 Å². The number of nitrogens with zero attached hydrogens (tertiary/aromatic N) is 4. The molecule has 3 aromatic rings. The summed E-state index contributed by atoms with van der Waals surface area (Å²) in [6, 6.07) is 7.98. The van der Waals surface area contributed by atoms with Gasteiger partial charge in [-0.3, -0.25) is 4.98 Å². The van der Waals surface area contributed by atoms with Crippen LogP contribution in [0.4, 0.5) is 0 Å². The van der Waals surface area contributed by atoms with E-state index in [1.165, 1.54) is 0 Å². The van der Waals surface area contributed by atoms with Gasteiger partial charge in [-0.1, -0.05) is 17.3 Å². The average Bonchev–Trinajstić information content (AvgIpc) is 2.87. The SMILES string of the molecule is CC(C)(N)c1cn(-c2cccc3cc(Br)cnc23)nn1. The molecular formula is C14H14BrN5. The van der Waals surface area contributed by atoms with Gasteiger partial charge in [-0.2, -0.15) is 0 Å². The number of para-hydroxylation sites is 1. The van der Waals surface area contributed by atoms with E-state index in [0.717, 1.165) is 26.8 Å². The number of fused-ring (bicyclic) bond motifs is 1. The molecule has 0 amide bonds. The van der Waals surface area contributed by atoms with Crippen molar-refractivity contribution in [2.75, 3.05) is 0 Å². The maximum Gasteiger partial charge on any atom is 0.102 e. The predicted molar refractivity (Wildman–Crippen MR) is 81.6 cm³/mol. The van der Waals surface area contributed by atoms with E-state index in [1.54, 1.807) is 10.9 Å². The highest BCUT2D eigenvalue weighted by atomic mass is 79.9. The molecule has 3 rings (SSSR count). The lowest BCUT2D eigenvalue weighted by Gasteiger charge is -2.13. The van der Waals surface area contributed by atoms with Crippen LogP contribution in [-0.4, -0.2) is 20.0 Å². The normalized spacial score (nSPS) is 12.0. The van der Waals surface area contributed by atoms with Gasteiger partial charge in [0, 0.05) is 16.1 Å². The fraction of sp³-hybridized carbons (Fsp3) is 0.214. The maximum atomic E-state index is 6.04. The molecule has 0 bridgehead atoms. The summed E-state index contributed by atoms with van der Waals surface area (Å²) < 4.78 is 2.66. The van der Waals surface area contributed by atoms with Gasteiger partial charge in [0.15, 0.2) is 0 Å². The van der Waals surface area contributed by atoms with Crippen molar-refractivity contribution in [1.82, 2.24) is 20.0 Å². The molecule has 0 unspecified atom stereocenters. The monoisotopic (exact) mass is 331 g/mol. The molecule has 0 saturated heterocycles. The molecule has 20 heavy (non-hydrogen) atoms. The van der Waals surface area contributed by atoms with Gasteiger partial charge >= 0.3 is 0 Å². The first-order valence-electron chi connectivity index (χ1n) is 6.21. The third-order valence-corrected chi connectivity index (χ3v) is 3.49. The standard InChI is InChI=1S/C14H14BrN5/c1-14(2,16)12-8-20(19-18-12)11-5-3-4-9-6-10(15)7-17-13(9)11/h3-8H,16H2,1-2H3. The summed E-state index contributed by atoms with van der Waals surface area (Å²) >= 11 is 3.43. The summed E-state index contributed by atoms with van der Waals surface area (Å²) in [6.07, 6.45) is 3.62. The molecular weight excluding hydrogens is 318 g/mol. The van der Waals surface area contributed by atoms with E-state index in [0.29, 0.717) is 0 Å². The Balaban J connectivity index is 2.17. The van der Waals surface area contributed by atoms with Crippen molar-refractivity contribution in [3.63, 3.8) is 0 Å². The Morgan fingerprint density at radius 1 is 1.30 bits per heavy atom. The predicted octanol–water partition coefficient (Wildman–Crippen LogP) is 2.77. The van der Waals surface area contributed by atoms with Crippen LogP contribution in [0.25, 0.3) is 16.6 Å². The average molecular weight is 332 g/mol. The maximum absolute atomic E-state index is 6.04. The Morgan fingerprint density at radius 2 is 2.10 bits per heavy atom. The number of hydrogen-bond acceptors (Lipinski definition) is 4. The van der Waals surface area contributed by atoms with Gasteiger partial charge in [-0.15, -0.1) is 5.10 Å². The van der Waals surface area contributed by atoms with Crippen molar-refractivity contribution in [3.05, 3.63) is 46.8 Å². The lowest BCUT2D eigenvalue weighted by molar-refractivity contribution is 0.533. The van der Waals surface area contributed by atoms with E-state index < -0.39 is 5.54 Å². The largest absolute Gasteiger partial charge is 0.320 e. The fourth-order valence-corrected chi connectivity index (χ4v) is 2.33. The third kappa shape index (κ3) is 2.32. The molecule has 0 radical (unpaired) electrons. The van der Waals surface area contributed by atoms with Crippen molar-refractivity contribution >= 4 is 26.8 Å². The minimum absolute atomic E-state index is 0.515. The zero-order chi connectivity index (χ0) is 14.3. The lowest BCUT2D eigenvalue weighted by Crippen LogP contribution is -2.29. The molecule has 2 heterocycles. The van der Waals surface area contributed by atoms with Gasteiger partial charge < -0.3 is 5.73 Å². The highest BCUT2D eigenvalue weighted by molar-refractivity contribution is 9.10. The molecule has 102 valence electrons. The van der Waals surface area contributed by atoms with Crippen molar-refractivity contribution in [1.29, 1.82) is 0 Å². The van der Waals surface area contributed by atoms with Crippen LogP contribution >= 0.6 is 15.9 Å². The van der Waals surface area contributed by atoms with Gasteiger partial charge in [-0.05, 0) is 41.9 Å². The van der Waals surface area contributed by atoms with Crippen LogP contribution < -0.4 is 5.73 Å². The molecule has 0 aliphatic heterocycles. The summed E-state index contributed by atoms with van der Waals surface area (Å²) in [5, 5.41) is 9.34. The van der Waals surface area contributed by atoms with Crippen molar-refractivity contribution in [2.45, 2.75) is 19.4 Å². The first-order chi connectivity index (χ1) is 9.45. The molecule has 1 aromatic carbocycles. The molecule has 2 N–H and O–H groups in total. The Kier molecular flexibility index (Phi) is 3.07. The highest BCUT2D eigenvalue weighted by Crippen LogP contribution is 2.23. The number of halogens is 1. The number of aromatic nitrogens is 4. The van der Waals surface area contributed by atoms with Gasteiger partial charge in [0.1, 0.15) is 5.69 Å². The molecule has 0 saturated carbocycles. The van der Waals surface area contributed by atoms with E-state index in [-0.39, 0.29) is 0 Å². The number of hydrogen-bond donors (Lipinski definition) is 1. The van der Waals surface area contributed by atoms with E-state index in [2.05, 4.69) is 31.2 Å². The number of pyridine rings is 1. The Morgan fingerprint density at radius 3 is 2.80 bits per heavy atom. The van der Waals surface area contributed by atoms with Crippen LogP contribution in [0.3, 0.4) is 0 Å². The van der Waals surface area contributed by atoms with E-state index in [1.807, 2.05) is 44.3 Å². The Bertz CT molecular complexity index is 773. The topological polar surface area (TPSA) is 69.6 Å². The summed E-state index contributed by atoms with van der Waals surface area (Å²) in [4.78, 5) is 4.46.